The number of hydrogen-bond acceptors (Lipinski definition) is 11. The Balaban J connectivity index is 0.000000364. The Morgan fingerprint density at radius 1 is 0.472 bits per heavy atom. The van der Waals surface area contributed by atoms with Gasteiger partial charge in [-0.15, -0.1) is 11.6 Å². The second kappa shape index (κ2) is 36.3. The minimum absolute atomic E-state index is 0.232. The lowest BCUT2D eigenvalue weighted by Crippen LogP contribution is -2.06. The van der Waals surface area contributed by atoms with Crippen LogP contribution in [0.3, 0.4) is 0 Å². The van der Waals surface area contributed by atoms with E-state index in [1.807, 2.05) is 88.4 Å². The number of carbonyl (C=O) groups excluding carboxylic acids is 2. The number of phenolic OH excluding ortho intramolecular Hbond substituents is 1. The number of anilines is 1. The normalized spacial score (nSPS) is 10.6. The summed E-state index contributed by atoms with van der Waals surface area (Å²) in [7, 11) is 0. The van der Waals surface area contributed by atoms with Crippen molar-refractivity contribution >= 4 is 52.0 Å². The third-order valence-electron chi connectivity index (χ3n) is 10.4. The Bertz CT molecular complexity index is 2360. The summed E-state index contributed by atoms with van der Waals surface area (Å²) >= 11 is 5.56. The van der Waals surface area contributed by atoms with Crippen LogP contribution in [-0.2, 0) is 19.1 Å². The van der Waals surface area contributed by atoms with Crippen LogP contribution in [-0.4, -0.2) is 42.7 Å². The molecule has 0 spiro atoms. The number of alkyl halides is 1. The van der Waals surface area contributed by atoms with Crippen molar-refractivity contribution < 1.29 is 28.9 Å². The molecular formula is C60H80ClN5O6. The summed E-state index contributed by atoms with van der Waals surface area (Å²) in [6, 6.07) is 32.6. The molecular weight excluding hydrogens is 922 g/mol. The Morgan fingerprint density at radius 2 is 0.792 bits per heavy atom. The molecule has 0 aromatic heterocycles. The van der Waals surface area contributed by atoms with Gasteiger partial charge >= 0.3 is 11.9 Å². The van der Waals surface area contributed by atoms with Crippen molar-refractivity contribution in [1.29, 1.82) is 0 Å². The molecule has 0 aliphatic carbocycles. The number of nitrogen functional groups attached to an aromatic ring is 1. The average Bonchev–Trinajstić information content (AvgIpc) is 3.32. The predicted molar refractivity (Wildman–Crippen MR) is 298 cm³/mol. The maximum atomic E-state index is 11.3. The molecule has 0 atom stereocenters. The zero-order chi connectivity index (χ0) is 53.1. The van der Waals surface area contributed by atoms with Gasteiger partial charge in [-0.3, -0.25) is 0 Å². The number of esters is 2. The van der Waals surface area contributed by atoms with Crippen molar-refractivity contribution in [2.45, 2.75) is 132 Å². The van der Waals surface area contributed by atoms with Crippen molar-refractivity contribution in [2.75, 3.05) is 31.4 Å². The molecule has 0 aliphatic rings. The van der Waals surface area contributed by atoms with Gasteiger partial charge in [0.05, 0.1) is 42.6 Å². The molecule has 5 aromatic rings. The fourth-order valence-electron chi connectivity index (χ4n) is 6.97. The lowest BCUT2D eigenvalue weighted by molar-refractivity contribution is -0.139. The smallest absolute Gasteiger partial charge is 0.333 e. The largest absolute Gasteiger partial charge is 0.508 e. The number of hydrogen-bond donors (Lipinski definition) is 2. The maximum Gasteiger partial charge on any atom is 0.333 e. The first-order valence-electron chi connectivity index (χ1n) is 25.0. The van der Waals surface area contributed by atoms with Gasteiger partial charge in [0.15, 0.2) is 0 Å². The summed E-state index contributed by atoms with van der Waals surface area (Å²) < 4.78 is 15.9. The van der Waals surface area contributed by atoms with Crippen molar-refractivity contribution in [2.24, 2.45) is 20.5 Å². The number of ether oxygens (including phenoxy) is 3. The number of unbranched alkanes of at least 4 members (excludes halogenated alkanes) is 10. The van der Waals surface area contributed by atoms with Crippen LogP contribution in [0.2, 0.25) is 0 Å². The van der Waals surface area contributed by atoms with Gasteiger partial charge in [0.1, 0.15) is 11.5 Å². The first-order valence-corrected chi connectivity index (χ1v) is 25.5. The zero-order valence-corrected chi connectivity index (χ0v) is 45.0. The average molecular weight is 1000 g/mol. The lowest BCUT2D eigenvalue weighted by Gasteiger charge is -2.07. The molecule has 0 saturated heterocycles. The minimum Gasteiger partial charge on any atom is -0.508 e. The second-order valence-corrected chi connectivity index (χ2v) is 18.5. The van der Waals surface area contributed by atoms with E-state index in [4.69, 9.17) is 36.7 Å². The number of rotatable bonds is 24. The monoisotopic (exact) mass is 1000 g/mol. The van der Waals surface area contributed by atoms with Crippen molar-refractivity contribution in [3.05, 3.63) is 161 Å². The molecule has 0 radical (unpaired) electrons. The highest BCUT2D eigenvalue weighted by Gasteiger charge is 2.04. The molecule has 388 valence electrons. The summed E-state index contributed by atoms with van der Waals surface area (Å²) in [5.74, 6) is 1.27. The number of nitrogens with two attached hydrogens (primary N) is 1. The van der Waals surface area contributed by atoms with Crippen molar-refractivity contribution in [3.8, 4) is 11.5 Å². The summed E-state index contributed by atoms with van der Waals surface area (Å²) in [5, 5.41) is 26.1. The van der Waals surface area contributed by atoms with Gasteiger partial charge in [-0.05, 0) is 199 Å². The van der Waals surface area contributed by atoms with Crippen molar-refractivity contribution in [3.63, 3.8) is 0 Å². The first-order chi connectivity index (χ1) is 34.4. The Hall–Kier alpha value is -6.59. The van der Waals surface area contributed by atoms with E-state index in [0.717, 1.165) is 97.9 Å². The molecule has 72 heavy (non-hydrogen) atoms. The van der Waals surface area contributed by atoms with E-state index in [2.05, 4.69) is 65.7 Å². The SMILES string of the molecule is C=C(C)C(=O)OCCCCCCCCCl.C=C(C)C(=O)OCCCCCCCCOc1ccc(N=Nc2cc(C)cc(C)c2)cc1.Cc1cc(C)cc(N)c1.Cc1cc(C)cc(N=Nc2ccc(O)cc2)c1. The number of benzene rings is 5. The van der Waals surface area contributed by atoms with E-state index in [1.54, 1.807) is 38.1 Å². The minimum atomic E-state index is -0.297. The van der Waals surface area contributed by atoms with E-state index >= 15 is 0 Å². The fraction of sp³-hybridized carbons (Fsp3) is 0.400. The number of nitrogens with zero attached hydrogens (tertiary/aromatic N) is 4. The van der Waals surface area contributed by atoms with Gasteiger partial charge in [-0.2, -0.15) is 20.5 Å². The number of azo groups is 2. The second-order valence-electron chi connectivity index (χ2n) is 18.1. The molecule has 0 aliphatic heterocycles. The summed E-state index contributed by atoms with van der Waals surface area (Å²) in [4.78, 5) is 22.2. The van der Waals surface area contributed by atoms with Gasteiger partial charge in [-0.1, -0.05) is 82.7 Å². The van der Waals surface area contributed by atoms with Gasteiger partial charge in [0.2, 0.25) is 0 Å². The van der Waals surface area contributed by atoms with Crippen LogP contribution in [0.15, 0.2) is 148 Å². The Kier molecular flexibility index (Phi) is 31.1. The van der Waals surface area contributed by atoms with Crippen LogP contribution in [0.5, 0.6) is 11.5 Å². The predicted octanol–water partition coefficient (Wildman–Crippen LogP) is 17.6. The third kappa shape index (κ3) is 30.2. The summed E-state index contributed by atoms with van der Waals surface area (Å²) in [6.45, 7) is 24.4. The first kappa shape index (κ1) is 61.5. The van der Waals surface area contributed by atoms with E-state index in [1.165, 1.54) is 52.6 Å². The van der Waals surface area contributed by atoms with Crippen molar-refractivity contribution in [1.82, 2.24) is 0 Å². The topological polar surface area (TPSA) is 158 Å². The van der Waals surface area contributed by atoms with Crippen LogP contribution in [0.4, 0.5) is 28.4 Å². The number of aromatic hydroxyl groups is 1. The van der Waals surface area contributed by atoms with Crippen LogP contribution in [0.25, 0.3) is 0 Å². The number of aryl methyl sites for hydroxylation is 6. The van der Waals surface area contributed by atoms with Gasteiger partial charge in [0.25, 0.3) is 0 Å². The molecule has 11 nitrogen and oxygen atoms in total. The van der Waals surface area contributed by atoms with Crippen LogP contribution < -0.4 is 10.5 Å². The molecule has 0 bridgehead atoms. The lowest BCUT2D eigenvalue weighted by atomic mass is 10.1. The molecule has 0 fully saturated rings. The quantitative estimate of drug-likeness (QED) is 0.0156. The highest BCUT2D eigenvalue weighted by molar-refractivity contribution is 6.17. The van der Waals surface area contributed by atoms with E-state index in [0.29, 0.717) is 31.0 Å². The van der Waals surface area contributed by atoms with Crippen LogP contribution >= 0.6 is 11.6 Å². The van der Waals surface area contributed by atoms with Gasteiger partial charge in [-0.25, -0.2) is 9.59 Å². The molecule has 3 N–H and O–H groups in total. The molecule has 5 rings (SSSR count). The van der Waals surface area contributed by atoms with Gasteiger partial charge < -0.3 is 25.1 Å². The van der Waals surface area contributed by atoms with Gasteiger partial charge in [0, 0.05) is 22.7 Å². The number of carbonyl (C=O) groups is 2. The number of phenols is 1. The highest BCUT2D eigenvalue weighted by Crippen LogP contribution is 2.24. The van der Waals surface area contributed by atoms with E-state index in [-0.39, 0.29) is 17.7 Å². The molecule has 0 amide bonds. The molecule has 5 aromatic carbocycles. The van der Waals surface area contributed by atoms with E-state index in [9.17, 15) is 9.59 Å². The third-order valence-corrected chi connectivity index (χ3v) is 10.7. The van der Waals surface area contributed by atoms with E-state index < -0.39 is 0 Å². The Labute approximate surface area is 435 Å². The molecule has 0 heterocycles. The molecule has 0 saturated carbocycles. The van der Waals surface area contributed by atoms with Crippen LogP contribution in [0.1, 0.15) is 124 Å². The number of halogens is 1. The summed E-state index contributed by atoms with van der Waals surface area (Å²) in [6.07, 6.45) is 13.2. The Morgan fingerprint density at radius 3 is 1.15 bits per heavy atom. The fourth-order valence-corrected chi connectivity index (χ4v) is 7.16. The summed E-state index contributed by atoms with van der Waals surface area (Å²) in [5.41, 5.74) is 17.7. The maximum absolute atomic E-state index is 11.3. The molecule has 12 heteroatoms. The standard InChI is InChI=1S/C26H34N2O3.C14H14N2O.C12H21ClO2.C8H11N/c1-20(2)26(29)31-16-10-8-6-5-7-9-15-30-25-13-11-23(12-14-25)27-28-24-18-21(3)17-22(4)19-24;1-10-7-11(2)9-13(8-10)16-15-12-3-5-14(17)6-4-12;1-11(2)12(14)15-10-8-6-4-3-5-7-9-13;1-6-3-7(2)5-8(9)4-6/h11-14,17-19H,1,5-10,15-16H2,2-4H3;3-9,17H,1-2H3;1,3-10H2,2H3;3-5H,9H2,1-2H3. The van der Waals surface area contributed by atoms with Crippen LogP contribution in [0, 0.1) is 41.5 Å². The molecule has 0 unspecified atom stereocenters. The highest BCUT2D eigenvalue weighted by atomic mass is 35.5. The zero-order valence-electron chi connectivity index (χ0n) is 44.3.